The van der Waals surface area contributed by atoms with E-state index >= 15 is 0 Å². The summed E-state index contributed by atoms with van der Waals surface area (Å²) in [5.74, 6) is -1.25. The lowest BCUT2D eigenvalue weighted by atomic mass is 10.0. The molecule has 0 fully saturated rings. The fraction of sp³-hybridized carbons (Fsp3) is 0.455. The number of halogens is 2. The van der Waals surface area contributed by atoms with Gasteiger partial charge in [-0.05, 0) is 25.0 Å². The molecular weight excluding hydrogens is 186 g/mol. The molecule has 0 spiro atoms. The second-order valence-electron chi connectivity index (χ2n) is 3.43. The number of aliphatic hydroxyl groups excluding tert-OH is 1. The SMILES string of the molecule is CCCC(O)c1cc(C)c(F)cc1F. The van der Waals surface area contributed by atoms with Gasteiger partial charge in [0, 0.05) is 11.6 Å². The zero-order valence-electron chi connectivity index (χ0n) is 8.35. The van der Waals surface area contributed by atoms with Crippen molar-refractivity contribution >= 4 is 0 Å². The van der Waals surface area contributed by atoms with E-state index in [2.05, 4.69) is 0 Å². The van der Waals surface area contributed by atoms with Crippen LogP contribution in [0.5, 0.6) is 0 Å². The van der Waals surface area contributed by atoms with Crippen LogP contribution in [0.4, 0.5) is 8.78 Å². The standard InChI is InChI=1S/C11H14F2O/c1-3-4-11(14)8-5-7(2)9(12)6-10(8)13/h5-6,11,14H,3-4H2,1-2H3. The number of aliphatic hydroxyl groups is 1. The van der Waals surface area contributed by atoms with Gasteiger partial charge >= 0.3 is 0 Å². The maximum Gasteiger partial charge on any atom is 0.131 e. The summed E-state index contributed by atoms with van der Waals surface area (Å²) in [5.41, 5.74) is 0.544. The molecule has 0 heterocycles. The van der Waals surface area contributed by atoms with Crippen LogP contribution in [0, 0.1) is 18.6 Å². The Hall–Kier alpha value is -0.960. The first-order valence-corrected chi connectivity index (χ1v) is 4.69. The van der Waals surface area contributed by atoms with Crippen molar-refractivity contribution in [2.24, 2.45) is 0 Å². The number of aryl methyl sites for hydroxylation is 1. The van der Waals surface area contributed by atoms with Crippen molar-refractivity contribution in [1.82, 2.24) is 0 Å². The van der Waals surface area contributed by atoms with E-state index in [9.17, 15) is 13.9 Å². The van der Waals surface area contributed by atoms with Crippen molar-refractivity contribution in [2.75, 3.05) is 0 Å². The minimum atomic E-state index is -0.834. The molecule has 1 atom stereocenters. The molecular formula is C11H14F2O. The van der Waals surface area contributed by atoms with Gasteiger partial charge in [0.15, 0.2) is 0 Å². The zero-order valence-corrected chi connectivity index (χ0v) is 8.35. The lowest BCUT2D eigenvalue weighted by Crippen LogP contribution is -2.02. The van der Waals surface area contributed by atoms with E-state index in [0.29, 0.717) is 12.0 Å². The van der Waals surface area contributed by atoms with Gasteiger partial charge in [-0.3, -0.25) is 0 Å². The quantitative estimate of drug-likeness (QED) is 0.794. The highest BCUT2D eigenvalue weighted by molar-refractivity contribution is 5.27. The summed E-state index contributed by atoms with van der Waals surface area (Å²) in [4.78, 5) is 0. The average molecular weight is 200 g/mol. The second-order valence-corrected chi connectivity index (χ2v) is 3.43. The molecule has 0 aliphatic rings. The highest BCUT2D eigenvalue weighted by atomic mass is 19.1. The minimum absolute atomic E-state index is 0.186. The predicted octanol–water partition coefficient (Wildman–Crippen LogP) is 3.11. The molecule has 1 aromatic rings. The fourth-order valence-electron chi connectivity index (χ4n) is 1.36. The van der Waals surface area contributed by atoms with Gasteiger partial charge < -0.3 is 5.11 Å². The Labute approximate surface area is 82.4 Å². The molecule has 14 heavy (non-hydrogen) atoms. The Morgan fingerprint density at radius 3 is 2.50 bits per heavy atom. The summed E-state index contributed by atoms with van der Waals surface area (Å²) in [7, 11) is 0. The molecule has 1 rings (SSSR count). The van der Waals surface area contributed by atoms with E-state index in [1.165, 1.54) is 6.07 Å². The smallest absolute Gasteiger partial charge is 0.131 e. The van der Waals surface area contributed by atoms with Crippen LogP contribution in [0.2, 0.25) is 0 Å². The maximum atomic E-state index is 13.2. The normalized spacial score (nSPS) is 12.9. The topological polar surface area (TPSA) is 20.2 Å². The Morgan fingerprint density at radius 1 is 1.29 bits per heavy atom. The number of rotatable bonds is 3. The summed E-state index contributed by atoms with van der Waals surface area (Å²) >= 11 is 0. The number of hydrogen-bond donors (Lipinski definition) is 1. The van der Waals surface area contributed by atoms with Crippen molar-refractivity contribution in [3.05, 3.63) is 34.9 Å². The van der Waals surface area contributed by atoms with Gasteiger partial charge in [-0.25, -0.2) is 8.78 Å². The van der Waals surface area contributed by atoms with Crippen LogP contribution in [-0.4, -0.2) is 5.11 Å². The molecule has 0 amide bonds. The van der Waals surface area contributed by atoms with Crippen LogP contribution in [0.25, 0.3) is 0 Å². The van der Waals surface area contributed by atoms with Crippen LogP contribution in [0.15, 0.2) is 12.1 Å². The zero-order chi connectivity index (χ0) is 10.7. The Morgan fingerprint density at radius 2 is 1.93 bits per heavy atom. The molecule has 0 saturated heterocycles. The van der Waals surface area contributed by atoms with Crippen LogP contribution in [0.3, 0.4) is 0 Å². The third-order valence-electron chi connectivity index (χ3n) is 2.20. The average Bonchev–Trinajstić information content (AvgIpc) is 2.11. The first kappa shape index (κ1) is 11.1. The molecule has 0 radical (unpaired) electrons. The maximum absolute atomic E-state index is 13.2. The second kappa shape index (κ2) is 4.51. The first-order chi connectivity index (χ1) is 6.56. The summed E-state index contributed by atoms with van der Waals surface area (Å²) in [6, 6.07) is 2.19. The van der Waals surface area contributed by atoms with Gasteiger partial charge in [0.25, 0.3) is 0 Å². The predicted molar refractivity (Wildman–Crippen MR) is 51.0 cm³/mol. The van der Waals surface area contributed by atoms with Crippen LogP contribution < -0.4 is 0 Å². The van der Waals surface area contributed by atoms with Gasteiger partial charge in [0.05, 0.1) is 6.10 Å². The highest BCUT2D eigenvalue weighted by Gasteiger charge is 2.14. The van der Waals surface area contributed by atoms with E-state index in [-0.39, 0.29) is 5.56 Å². The highest BCUT2D eigenvalue weighted by Crippen LogP contribution is 2.23. The van der Waals surface area contributed by atoms with E-state index < -0.39 is 17.7 Å². The molecule has 78 valence electrons. The third kappa shape index (κ3) is 2.29. The summed E-state index contributed by atoms with van der Waals surface area (Å²) in [5, 5.41) is 9.55. The fourth-order valence-corrected chi connectivity index (χ4v) is 1.36. The largest absolute Gasteiger partial charge is 0.388 e. The third-order valence-corrected chi connectivity index (χ3v) is 2.20. The van der Waals surface area contributed by atoms with Crippen LogP contribution >= 0.6 is 0 Å². The molecule has 0 aromatic heterocycles. The lowest BCUT2D eigenvalue weighted by molar-refractivity contribution is 0.161. The van der Waals surface area contributed by atoms with Crippen molar-refractivity contribution in [2.45, 2.75) is 32.8 Å². The molecule has 3 heteroatoms. The Bertz CT molecular complexity index is 323. The number of hydrogen-bond acceptors (Lipinski definition) is 1. The number of benzene rings is 1. The van der Waals surface area contributed by atoms with Crippen LogP contribution in [-0.2, 0) is 0 Å². The van der Waals surface area contributed by atoms with Crippen LogP contribution in [0.1, 0.15) is 37.0 Å². The minimum Gasteiger partial charge on any atom is -0.388 e. The van der Waals surface area contributed by atoms with Gasteiger partial charge in [0.1, 0.15) is 11.6 Å². The van der Waals surface area contributed by atoms with Gasteiger partial charge in [-0.2, -0.15) is 0 Å². The van der Waals surface area contributed by atoms with E-state index in [1.807, 2.05) is 6.92 Å². The van der Waals surface area contributed by atoms with Crippen molar-refractivity contribution in [1.29, 1.82) is 0 Å². The van der Waals surface area contributed by atoms with Crippen molar-refractivity contribution < 1.29 is 13.9 Å². The Balaban J connectivity index is 3.02. The van der Waals surface area contributed by atoms with Gasteiger partial charge in [-0.1, -0.05) is 13.3 Å². The molecule has 1 aromatic carbocycles. The first-order valence-electron chi connectivity index (χ1n) is 4.69. The van der Waals surface area contributed by atoms with E-state index in [1.54, 1.807) is 6.92 Å². The van der Waals surface area contributed by atoms with Crippen molar-refractivity contribution in [3.63, 3.8) is 0 Å². The molecule has 0 aliphatic carbocycles. The molecule has 1 N–H and O–H groups in total. The van der Waals surface area contributed by atoms with E-state index in [4.69, 9.17) is 0 Å². The summed E-state index contributed by atoms with van der Waals surface area (Å²) in [6.07, 6.45) is 0.415. The summed E-state index contributed by atoms with van der Waals surface area (Å²) in [6.45, 7) is 3.45. The lowest BCUT2D eigenvalue weighted by Gasteiger charge is -2.11. The molecule has 0 aliphatic heterocycles. The Kier molecular flexibility index (Phi) is 3.58. The molecule has 0 saturated carbocycles. The monoisotopic (exact) mass is 200 g/mol. The summed E-state index contributed by atoms with van der Waals surface area (Å²) < 4.78 is 26.1. The van der Waals surface area contributed by atoms with Crippen molar-refractivity contribution in [3.8, 4) is 0 Å². The molecule has 1 nitrogen and oxygen atoms in total. The molecule has 0 bridgehead atoms. The molecule has 1 unspecified atom stereocenters. The van der Waals surface area contributed by atoms with Gasteiger partial charge in [-0.15, -0.1) is 0 Å². The van der Waals surface area contributed by atoms with E-state index in [0.717, 1.165) is 12.5 Å². The van der Waals surface area contributed by atoms with Gasteiger partial charge in [0.2, 0.25) is 0 Å².